The number of carbonyl (C=O) groups is 1. The number of ether oxygens (including phenoxy) is 1. The van der Waals surface area contributed by atoms with E-state index >= 15 is 0 Å². The Kier molecular flexibility index (Phi) is 6.34. The van der Waals surface area contributed by atoms with Gasteiger partial charge in [0.25, 0.3) is 0 Å². The molecule has 1 heterocycles. The molecule has 0 aliphatic carbocycles. The van der Waals surface area contributed by atoms with Gasteiger partial charge in [0.05, 0.1) is 24.2 Å². The molecular weight excluding hydrogens is 304 g/mol. The molecule has 22 heavy (non-hydrogen) atoms. The Morgan fingerprint density at radius 2 is 2.32 bits per heavy atom. The topological polar surface area (TPSA) is 61.8 Å². The Morgan fingerprint density at radius 1 is 1.55 bits per heavy atom. The van der Waals surface area contributed by atoms with Crippen LogP contribution in [-0.2, 0) is 0 Å². The summed E-state index contributed by atoms with van der Waals surface area (Å²) in [4.78, 5) is 13.9. The quantitative estimate of drug-likeness (QED) is 0.845. The maximum atomic E-state index is 12.2. The minimum Gasteiger partial charge on any atom is -0.487 e. The van der Waals surface area contributed by atoms with Gasteiger partial charge in [0.15, 0.2) is 0 Å². The van der Waals surface area contributed by atoms with Crippen LogP contribution in [0.25, 0.3) is 0 Å². The number of carbonyl (C=O) groups excluding carboxylic acids is 1. The average molecular weight is 327 g/mol. The lowest BCUT2D eigenvalue weighted by Gasteiger charge is -2.25. The second kappa shape index (κ2) is 8.25. The number of aliphatic hydroxyl groups excluding tert-OH is 1. The molecule has 5 nitrogen and oxygen atoms in total. The van der Waals surface area contributed by atoms with Crippen LogP contribution in [0.15, 0.2) is 24.3 Å². The summed E-state index contributed by atoms with van der Waals surface area (Å²) in [6, 6.07) is 7.10. The maximum absolute atomic E-state index is 12.2. The number of likely N-dealkylation sites (tertiary alicyclic amines) is 1. The number of rotatable bonds is 6. The van der Waals surface area contributed by atoms with Crippen LogP contribution in [0.2, 0.25) is 5.02 Å². The monoisotopic (exact) mass is 326 g/mol. The van der Waals surface area contributed by atoms with Crippen LogP contribution in [0.5, 0.6) is 5.75 Å². The molecule has 0 aromatic heterocycles. The van der Waals surface area contributed by atoms with Crippen molar-refractivity contribution >= 4 is 17.6 Å². The van der Waals surface area contributed by atoms with Crippen molar-refractivity contribution in [3.63, 3.8) is 0 Å². The van der Waals surface area contributed by atoms with E-state index in [1.54, 1.807) is 11.0 Å². The lowest BCUT2D eigenvalue weighted by atomic mass is 10.2. The Balaban J connectivity index is 1.86. The number of urea groups is 1. The molecule has 0 bridgehead atoms. The number of hydrogen-bond acceptors (Lipinski definition) is 3. The highest BCUT2D eigenvalue weighted by Gasteiger charge is 2.28. The van der Waals surface area contributed by atoms with Crippen LogP contribution in [0.1, 0.15) is 26.2 Å². The van der Waals surface area contributed by atoms with Crippen LogP contribution < -0.4 is 10.1 Å². The molecule has 0 saturated carbocycles. The smallest absolute Gasteiger partial charge is 0.317 e. The van der Waals surface area contributed by atoms with Gasteiger partial charge in [-0.15, -0.1) is 0 Å². The van der Waals surface area contributed by atoms with Crippen molar-refractivity contribution in [2.45, 2.75) is 38.3 Å². The van der Waals surface area contributed by atoms with Gasteiger partial charge in [-0.3, -0.25) is 0 Å². The van der Waals surface area contributed by atoms with Crippen molar-refractivity contribution < 1.29 is 14.6 Å². The summed E-state index contributed by atoms with van der Waals surface area (Å²) in [6.45, 7) is 3.12. The summed E-state index contributed by atoms with van der Waals surface area (Å²) in [5.74, 6) is 0.625. The van der Waals surface area contributed by atoms with Gasteiger partial charge in [-0.05, 0) is 31.4 Å². The Labute approximate surface area is 136 Å². The standard InChI is InChI=1S/C16H23ClN2O3/c1-2-13(22-15-8-4-3-7-14(15)17)10-18-16(21)19-9-5-6-12(19)11-20/h3-4,7-8,12-13,20H,2,5-6,9-11H2,1H3,(H,18,21)/t12-,13?/m1/s1. The van der Waals surface area contributed by atoms with E-state index in [4.69, 9.17) is 16.3 Å². The summed E-state index contributed by atoms with van der Waals surface area (Å²) in [5, 5.41) is 12.7. The van der Waals surface area contributed by atoms with Crippen molar-refractivity contribution in [1.82, 2.24) is 10.2 Å². The molecule has 1 unspecified atom stereocenters. The van der Waals surface area contributed by atoms with E-state index in [0.717, 1.165) is 19.3 Å². The number of aliphatic hydroxyl groups is 1. The van der Waals surface area contributed by atoms with Gasteiger partial charge in [0.2, 0.25) is 0 Å². The highest BCUT2D eigenvalue weighted by Crippen LogP contribution is 2.24. The summed E-state index contributed by atoms with van der Waals surface area (Å²) < 4.78 is 5.85. The zero-order valence-electron chi connectivity index (χ0n) is 12.8. The summed E-state index contributed by atoms with van der Waals surface area (Å²) in [5.41, 5.74) is 0. The number of amides is 2. The molecule has 2 atom stereocenters. The molecule has 0 radical (unpaired) electrons. The highest BCUT2D eigenvalue weighted by atomic mass is 35.5. The fourth-order valence-electron chi connectivity index (χ4n) is 2.58. The van der Waals surface area contributed by atoms with Crippen LogP contribution in [0.3, 0.4) is 0 Å². The Hall–Kier alpha value is -1.46. The van der Waals surface area contributed by atoms with Crippen molar-refractivity contribution in [3.05, 3.63) is 29.3 Å². The van der Waals surface area contributed by atoms with Gasteiger partial charge < -0.3 is 20.1 Å². The third-order valence-corrected chi connectivity index (χ3v) is 4.23. The summed E-state index contributed by atoms with van der Waals surface area (Å²) in [6.07, 6.45) is 2.41. The first-order chi connectivity index (χ1) is 10.7. The zero-order chi connectivity index (χ0) is 15.9. The largest absolute Gasteiger partial charge is 0.487 e. The lowest BCUT2D eigenvalue weighted by molar-refractivity contribution is 0.148. The van der Waals surface area contributed by atoms with Gasteiger partial charge >= 0.3 is 6.03 Å². The SMILES string of the molecule is CCC(CNC(=O)N1CCC[C@@H]1CO)Oc1ccccc1Cl. The molecule has 1 fully saturated rings. The van der Waals surface area contributed by atoms with Crippen molar-refractivity contribution in [3.8, 4) is 5.75 Å². The van der Waals surface area contributed by atoms with Gasteiger partial charge in [-0.1, -0.05) is 30.7 Å². The lowest BCUT2D eigenvalue weighted by Crippen LogP contribution is -2.46. The van der Waals surface area contributed by atoms with E-state index in [2.05, 4.69) is 5.32 Å². The molecule has 0 spiro atoms. The Morgan fingerprint density at radius 3 is 3.00 bits per heavy atom. The Bertz CT molecular complexity index is 498. The maximum Gasteiger partial charge on any atom is 0.317 e. The molecule has 1 aromatic rings. The highest BCUT2D eigenvalue weighted by molar-refractivity contribution is 6.32. The molecule has 122 valence electrons. The summed E-state index contributed by atoms with van der Waals surface area (Å²) >= 11 is 6.08. The molecule has 2 N–H and O–H groups in total. The number of nitrogens with one attached hydrogen (secondary N) is 1. The van der Waals surface area contributed by atoms with E-state index < -0.39 is 0 Å². The van der Waals surface area contributed by atoms with Crippen LogP contribution >= 0.6 is 11.6 Å². The molecule has 1 aliphatic heterocycles. The predicted molar refractivity (Wildman–Crippen MR) is 86.4 cm³/mol. The minimum atomic E-state index is -0.141. The fraction of sp³-hybridized carbons (Fsp3) is 0.562. The van der Waals surface area contributed by atoms with Crippen molar-refractivity contribution in [1.29, 1.82) is 0 Å². The van der Waals surface area contributed by atoms with Crippen LogP contribution in [0.4, 0.5) is 4.79 Å². The number of benzene rings is 1. The first-order valence-electron chi connectivity index (χ1n) is 7.72. The van der Waals surface area contributed by atoms with Gasteiger partial charge in [0.1, 0.15) is 11.9 Å². The normalized spacial score (nSPS) is 19.0. The second-order valence-electron chi connectivity index (χ2n) is 5.44. The first-order valence-corrected chi connectivity index (χ1v) is 8.10. The van der Waals surface area contributed by atoms with E-state index in [1.807, 2.05) is 25.1 Å². The molecular formula is C16H23ClN2O3. The summed E-state index contributed by atoms with van der Waals surface area (Å²) in [7, 11) is 0. The third-order valence-electron chi connectivity index (χ3n) is 3.92. The van der Waals surface area contributed by atoms with Crippen molar-refractivity contribution in [2.24, 2.45) is 0 Å². The predicted octanol–water partition coefficient (Wildman–Crippen LogP) is 2.66. The molecule has 1 saturated heterocycles. The number of para-hydroxylation sites is 1. The third kappa shape index (κ3) is 4.27. The molecule has 1 aromatic carbocycles. The van der Waals surface area contributed by atoms with Gasteiger partial charge in [-0.2, -0.15) is 0 Å². The molecule has 2 rings (SSSR count). The second-order valence-corrected chi connectivity index (χ2v) is 5.84. The van der Waals surface area contributed by atoms with E-state index in [9.17, 15) is 9.90 Å². The van der Waals surface area contributed by atoms with Crippen molar-refractivity contribution in [2.75, 3.05) is 19.7 Å². The van der Waals surface area contributed by atoms with Crippen LogP contribution in [0, 0.1) is 0 Å². The van der Waals surface area contributed by atoms with E-state index in [1.165, 1.54) is 0 Å². The number of hydrogen-bond donors (Lipinski definition) is 2. The number of nitrogens with zero attached hydrogens (tertiary/aromatic N) is 1. The van der Waals surface area contributed by atoms with E-state index in [-0.39, 0.29) is 24.8 Å². The molecule has 2 amide bonds. The fourth-order valence-corrected chi connectivity index (χ4v) is 2.77. The zero-order valence-corrected chi connectivity index (χ0v) is 13.6. The van der Waals surface area contributed by atoms with Gasteiger partial charge in [-0.25, -0.2) is 4.79 Å². The van der Waals surface area contributed by atoms with Gasteiger partial charge in [0, 0.05) is 6.54 Å². The minimum absolute atomic E-state index is 0.0146. The molecule has 6 heteroatoms. The van der Waals surface area contributed by atoms with E-state index in [0.29, 0.717) is 23.9 Å². The average Bonchev–Trinajstić information content (AvgIpc) is 3.01. The molecule has 1 aliphatic rings. The van der Waals surface area contributed by atoms with Crippen LogP contribution in [-0.4, -0.2) is 47.9 Å². The first kappa shape index (κ1) is 16.9. The number of halogens is 1.